The summed E-state index contributed by atoms with van der Waals surface area (Å²) in [6.07, 6.45) is 13.7. The van der Waals surface area contributed by atoms with Crippen molar-refractivity contribution in [1.82, 2.24) is 0 Å². The number of nitro groups is 1. The Labute approximate surface area is 150 Å². The van der Waals surface area contributed by atoms with Crippen LogP contribution >= 0.6 is 0 Å². The highest BCUT2D eigenvalue weighted by Gasteiger charge is 2.12. The van der Waals surface area contributed by atoms with Gasteiger partial charge in [-0.2, -0.15) is 0 Å². The van der Waals surface area contributed by atoms with E-state index in [2.05, 4.69) is 6.92 Å². The number of rotatable bonds is 14. The third-order valence-corrected chi connectivity index (χ3v) is 4.27. The van der Waals surface area contributed by atoms with Gasteiger partial charge in [0.15, 0.2) is 0 Å². The van der Waals surface area contributed by atoms with E-state index in [-0.39, 0.29) is 11.3 Å². The van der Waals surface area contributed by atoms with E-state index in [1.807, 2.05) is 0 Å². The number of esters is 1. The summed E-state index contributed by atoms with van der Waals surface area (Å²) in [6, 6.07) is 5.65. The molecule has 0 unspecified atom stereocenters. The molecule has 1 aromatic carbocycles. The number of hydrogen-bond donors (Lipinski definition) is 0. The van der Waals surface area contributed by atoms with Crippen LogP contribution in [0.15, 0.2) is 24.3 Å². The highest BCUT2D eigenvalue weighted by molar-refractivity contribution is 5.90. The molecule has 0 aromatic heterocycles. The first kappa shape index (κ1) is 21.1. The summed E-state index contributed by atoms with van der Waals surface area (Å²) in [5, 5.41) is 10.7. The largest absolute Gasteiger partial charge is 0.462 e. The molecule has 1 rings (SSSR count). The van der Waals surface area contributed by atoms with E-state index in [0.717, 1.165) is 12.8 Å². The third kappa shape index (κ3) is 9.85. The van der Waals surface area contributed by atoms with E-state index in [9.17, 15) is 14.9 Å². The molecule has 0 fully saturated rings. The first-order valence-electron chi connectivity index (χ1n) is 9.56. The molecule has 0 bridgehead atoms. The van der Waals surface area contributed by atoms with Crippen molar-refractivity contribution >= 4 is 11.7 Å². The Bertz CT molecular complexity index is 516. The molecule has 25 heavy (non-hydrogen) atoms. The molecular formula is C20H31NO4. The number of hydrogen-bond acceptors (Lipinski definition) is 4. The maximum absolute atomic E-state index is 11.9. The fraction of sp³-hybridized carbons (Fsp3) is 0.650. The van der Waals surface area contributed by atoms with Gasteiger partial charge < -0.3 is 4.74 Å². The number of nitrogens with zero attached hydrogens (tertiary/aromatic N) is 1. The monoisotopic (exact) mass is 349 g/mol. The number of benzene rings is 1. The molecular weight excluding hydrogens is 318 g/mol. The van der Waals surface area contributed by atoms with Gasteiger partial charge in [-0.3, -0.25) is 10.1 Å². The van der Waals surface area contributed by atoms with Crippen molar-refractivity contribution < 1.29 is 14.5 Å². The van der Waals surface area contributed by atoms with E-state index in [4.69, 9.17) is 4.74 Å². The van der Waals surface area contributed by atoms with Crippen molar-refractivity contribution in [3.8, 4) is 0 Å². The molecule has 0 saturated heterocycles. The van der Waals surface area contributed by atoms with E-state index in [1.165, 1.54) is 82.1 Å². The molecule has 0 aliphatic heterocycles. The van der Waals surface area contributed by atoms with Gasteiger partial charge in [-0.25, -0.2) is 4.79 Å². The lowest BCUT2D eigenvalue weighted by Crippen LogP contribution is -2.06. The number of carbonyl (C=O) groups excluding carboxylic acids is 1. The number of non-ortho nitro benzene ring substituents is 1. The van der Waals surface area contributed by atoms with E-state index >= 15 is 0 Å². The Hall–Kier alpha value is -1.91. The second-order valence-corrected chi connectivity index (χ2v) is 6.48. The van der Waals surface area contributed by atoms with Gasteiger partial charge in [0.1, 0.15) is 0 Å². The maximum atomic E-state index is 11.9. The zero-order valence-electron chi connectivity index (χ0n) is 15.4. The number of nitro benzene ring substituents is 1. The SMILES string of the molecule is CCCCCCCCCCCCCOC(=O)c1cccc([N+](=O)[O-])c1. The molecule has 0 saturated carbocycles. The Kier molecular flexibility index (Phi) is 11.3. The van der Waals surface area contributed by atoms with Gasteiger partial charge in [0.25, 0.3) is 5.69 Å². The van der Waals surface area contributed by atoms with Crippen LogP contribution in [0, 0.1) is 10.1 Å². The van der Waals surface area contributed by atoms with Gasteiger partial charge in [0.05, 0.1) is 17.1 Å². The summed E-state index contributed by atoms with van der Waals surface area (Å²) in [7, 11) is 0. The Morgan fingerprint density at radius 1 is 0.960 bits per heavy atom. The predicted octanol–water partition coefficient (Wildman–Crippen LogP) is 6.06. The summed E-state index contributed by atoms with van der Waals surface area (Å²) in [5.41, 5.74) is 0.140. The average Bonchev–Trinajstić information content (AvgIpc) is 2.62. The number of unbranched alkanes of at least 4 members (excludes halogenated alkanes) is 10. The van der Waals surface area contributed by atoms with Crippen molar-refractivity contribution in [2.45, 2.75) is 77.6 Å². The lowest BCUT2D eigenvalue weighted by atomic mass is 10.1. The van der Waals surface area contributed by atoms with Gasteiger partial charge in [-0.15, -0.1) is 0 Å². The van der Waals surface area contributed by atoms with Crippen LogP contribution in [0.5, 0.6) is 0 Å². The van der Waals surface area contributed by atoms with Gasteiger partial charge in [-0.1, -0.05) is 77.2 Å². The van der Waals surface area contributed by atoms with Crippen LogP contribution in [0.2, 0.25) is 0 Å². The van der Waals surface area contributed by atoms with Crippen molar-refractivity contribution in [3.05, 3.63) is 39.9 Å². The molecule has 0 atom stereocenters. The van der Waals surface area contributed by atoms with Crippen LogP contribution < -0.4 is 0 Å². The number of ether oxygens (including phenoxy) is 1. The van der Waals surface area contributed by atoms with Gasteiger partial charge in [0.2, 0.25) is 0 Å². The van der Waals surface area contributed by atoms with Gasteiger partial charge in [0, 0.05) is 12.1 Å². The van der Waals surface area contributed by atoms with Crippen LogP contribution in [-0.2, 0) is 4.74 Å². The van der Waals surface area contributed by atoms with E-state index in [1.54, 1.807) is 0 Å². The molecule has 0 aliphatic carbocycles. The summed E-state index contributed by atoms with van der Waals surface area (Å²) in [4.78, 5) is 22.0. The quantitative estimate of drug-likeness (QED) is 0.177. The second-order valence-electron chi connectivity index (χ2n) is 6.48. The highest BCUT2D eigenvalue weighted by Crippen LogP contribution is 2.14. The molecule has 0 heterocycles. The van der Waals surface area contributed by atoms with Crippen molar-refractivity contribution in [3.63, 3.8) is 0 Å². The highest BCUT2D eigenvalue weighted by atomic mass is 16.6. The van der Waals surface area contributed by atoms with Crippen LogP contribution in [0.3, 0.4) is 0 Å². The maximum Gasteiger partial charge on any atom is 0.338 e. The first-order valence-corrected chi connectivity index (χ1v) is 9.56. The van der Waals surface area contributed by atoms with Crippen LogP contribution in [0.1, 0.15) is 87.9 Å². The smallest absolute Gasteiger partial charge is 0.338 e. The summed E-state index contributed by atoms with van der Waals surface area (Å²) < 4.78 is 5.18. The topological polar surface area (TPSA) is 69.4 Å². The average molecular weight is 349 g/mol. The molecule has 0 N–H and O–H groups in total. The Morgan fingerprint density at radius 2 is 1.52 bits per heavy atom. The predicted molar refractivity (Wildman–Crippen MR) is 99.8 cm³/mol. The molecule has 5 nitrogen and oxygen atoms in total. The fourth-order valence-electron chi connectivity index (χ4n) is 2.76. The van der Waals surface area contributed by atoms with Gasteiger partial charge >= 0.3 is 5.97 Å². The van der Waals surface area contributed by atoms with Crippen molar-refractivity contribution in [2.75, 3.05) is 6.61 Å². The molecule has 0 amide bonds. The minimum absolute atomic E-state index is 0.0934. The van der Waals surface area contributed by atoms with E-state index < -0.39 is 10.9 Å². The molecule has 0 spiro atoms. The van der Waals surface area contributed by atoms with E-state index in [0.29, 0.717) is 6.61 Å². The summed E-state index contributed by atoms with van der Waals surface area (Å²) >= 11 is 0. The summed E-state index contributed by atoms with van der Waals surface area (Å²) in [6.45, 7) is 2.61. The lowest BCUT2D eigenvalue weighted by molar-refractivity contribution is -0.384. The van der Waals surface area contributed by atoms with Crippen molar-refractivity contribution in [2.24, 2.45) is 0 Å². The van der Waals surface area contributed by atoms with Crippen LogP contribution in [0.4, 0.5) is 5.69 Å². The fourth-order valence-corrected chi connectivity index (χ4v) is 2.76. The molecule has 0 radical (unpaired) electrons. The molecule has 140 valence electrons. The Morgan fingerprint density at radius 3 is 2.08 bits per heavy atom. The van der Waals surface area contributed by atoms with Crippen LogP contribution in [0.25, 0.3) is 0 Å². The zero-order chi connectivity index (χ0) is 18.3. The van der Waals surface area contributed by atoms with Crippen LogP contribution in [-0.4, -0.2) is 17.5 Å². The van der Waals surface area contributed by atoms with Crippen molar-refractivity contribution in [1.29, 1.82) is 0 Å². The molecule has 1 aromatic rings. The lowest BCUT2D eigenvalue weighted by Gasteiger charge is -2.05. The molecule has 5 heteroatoms. The summed E-state index contributed by atoms with van der Waals surface area (Å²) in [5.74, 6) is -0.490. The zero-order valence-corrected chi connectivity index (χ0v) is 15.4. The molecule has 0 aliphatic rings. The number of carbonyl (C=O) groups is 1. The normalized spacial score (nSPS) is 10.6. The second kappa shape index (κ2) is 13.4. The van der Waals surface area contributed by atoms with Gasteiger partial charge in [-0.05, 0) is 12.5 Å². The standard InChI is InChI=1S/C20H31NO4/c1-2-3-4-5-6-7-8-9-10-11-12-16-25-20(22)18-14-13-15-19(17-18)21(23)24/h13-15,17H,2-12,16H2,1H3. The minimum atomic E-state index is -0.513. The first-order chi connectivity index (χ1) is 12.1. The third-order valence-electron chi connectivity index (χ3n) is 4.27. The minimum Gasteiger partial charge on any atom is -0.462 e. The Balaban J connectivity index is 2.02.